The molecule has 2 bridgehead atoms. The monoisotopic (exact) mass is 376 g/mol. The highest BCUT2D eigenvalue weighted by Gasteiger charge is 2.47. The number of nitrogens with zero attached hydrogens (tertiary/aromatic N) is 3. The maximum absolute atomic E-state index is 13.6. The number of carbonyl (C=O) groups excluding carboxylic acids is 1. The van der Waals surface area contributed by atoms with Crippen LogP contribution in [0.15, 0.2) is 35.9 Å². The maximum Gasteiger partial charge on any atom is 0.275 e. The average Bonchev–Trinajstić information content (AvgIpc) is 3.17. The first-order valence-corrected chi connectivity index (χ1v) is 11.0. The molecule has 1 amide bonds. The van der Waals surface area contributed by atoms with Gasteiger partial charge in [0, 0.05) is 24.5 Å². The fourth-order valence-corrected chi connectivity index (χ4v) is 6.46. The van der Waals surface area contributed by atoms with Gasteiger partial charge >= 0.3 is 0 Å². The number of hydrogen-bond acceptors (Lipinski definition) is 3. The number of hydrogen-bond donors (Lipinski definition) is 1. The van der Waals surface area contributed by atoms with Gasteiger partial charge in [-0.25, -0.2) is 0 Å². The third-order valence-corrected chi connectivity index (χ3v) is 7.59. The topological polar surface area (TPSA) is 52.2 Å². The van der Waals surface area contributed by atoms with E-state index in [-0.39, 0.29) is 11.9 Å². The molecule has 1 aromatic heterocycles. The Morgan fingerprint density at radius 1 is 1.14 bits per heavy atom. The van der Waals surface area contributed by atoms with E-state index < -0.39 is 0 Å². The normalized spacial score (nSPS) is 32.6. The Balaban J connectivity index is 1.36. The second kappa shape index (κ2) is 6.45. The van der Waals surface area contributed by atoms with E-state index in [1.807, 2.05) is 24.3 Å². The Kier molecular flexibility index (Phi) is 3.86. The number of fused-ring (bicyclic) bond motifs is 7. The van der Waals surface area contributed by atoms with Gasteiger partial charge in [-0.2, -0.15) is 5.10 Å². The van der Waals surface area contributed by atoms with Crippen LogP contribution in [0.4, 0.5) is 0 Å². The average molecular weight is 377 g/mol. The summed E-state index contributed by atoms with van der Waals surface area (Å²) in [7, 11) is 0. The molecule has 0 spiro atoms. The number of para-hydroxylation sites is 1. The number of amides is 1. The molecule has 28 heavy (non-hydrogen) atoms. The van der Waals surface area contributed by atoms with Crippen LogP contribution in [-0.4, -0.2) is 57.6 Å². The number of aromatic nitrogens is 2. The fourth-order valence-electron chi connectivity index (χ4n) is 6.46. The highest BCUT2D eigenvalue weighted by Crippen LogP contribution is 2.45. The molecule has 4 heterocycles. The summed E-state index contributed by atoms with van der Waals surface area (Å²) in [6.07, 6.45) is 10.1. The molecule has 146 valence electrons. The molecule has 5 heteroatoms. The second-order valence-corrected chi connectivity index (χ2v) is 9.12. The Labute approximate surface area is 165 Å². The van der Waals surface area contributed by atoms with Crippen LogP contribution < -0.4 is 0 Å². The number of piperidine rings is 3. The van der Waals surface area contributed by atoms with Crippen molar-refractivity contribution in [1.82, 2.24) is 20.0 Å². The summed E-state index contributed by atoms with van der Waals surface area (Å²) in [6, 6.07) is 8.98. The smallest absolute Gasteiger partial charge is 0.275 e. The quantitative estimate of drug-likeness (QED) is 0.774. The molecule has 0 radical (unpaired) electrons. The maximum atomic E-state index is 13.6. The first kappa shape index (κ1) is 16.8. The van der Waals surface area contributed by atoms with Crippen molar-refractivity contribution in [1.29, 1.82) is 0 Å². The lowest BCUT2D eigenvalue weighted by atomic mass is 9.68. The molecule has 6 rings (SSSR count). The lowest BCUT2D eigenvalue weighted by molar-refractivity contribution is 0.00136. The van der Waals surface area contributed by atoms with Crippen molar-refractivity contribution in [3.63, 3.8) is 0 Å². The van der Waals surface area contributed by atoms with Crippen LogP contribution in [0.1, 0.15) is 49.0 Å². The minimum atomic E-state index is 0.104. The summed E-state index contributed by atoms with van der Waals surface area (Å²) in [4.78, 5) is 18.5. The zero-order chi connectivity index (χ0) is 18.7. The number of benzene rings is 1. The molecule has 0 unspecified atom stereocenters. The van der Waals surface area contributed by atoms with Gasteiger partial charge in [0.2, 0.25) is 0 Å². The predicted molar refractivity (Wildman–Crippen MR) is 109 cm³/mol. The summed E-state index contributed by atoms with van der Waals surface area (Å²) < 4.78 is 0. The molecular formula is C23H28N4O. The van der Waals surface area contributed by atoms with Crippen LogP contribution in [0.5, 0.6) is 0 Å². The van der Waals surface area contributed by atoms with E-state index in [4.69, 9.17) is 0 Å². The summed E-state index contributed by atoms with van der Waals surface area (Å²) in [6.45, 7) is 3.26. The van der Waals surface area contributed by atoms with Gasteiger partial charge in [-0.15, -0.1) is 0 Å². The second-order valence-electron chi connectivity index (χ2n) is 9.12. The van der Waals surface area contributed by atoms with Crippen LogP contribution in [0.3, 0.4) is 0 Å². The molecule has 3 fully saturated rings. The Morgan fingerprint density at radius 3 is 3.04 bits per heavy atom. The van der Waals surface area contributed by atoms with Crippen LogP contribution in [0.25, 0.3) is 10.9 Å². The largest absolute Gasteiger partial charge is 0.330 e. The first-order chi connectivity index (χ1) is 13.8. The highest BCUT2D eigenvalue weighted by molar-refractivity contribution is 6.04. The Morgan fingerprint density at radius 2 is 2.07 bits per heavy atom. The molecule has 2 aromatic rings. The minimum absolute atomic E-state index is 0.104. The van der Waals surface area contributed by atoms with Gasteiger partial charge in [0.25, 0.3) is 5.91 Å². The van der Waals surface area contributed by atoms with Gasteiger partial charge in [0.15, 0.2) is 5.69 Å². The van der Waals surface area contributed by atoms with E-state index >= 15 is 0 Å². The van der Waals surface area contributed by atoms with E-state index in [2.05, 4.69) is 26.1 Å². The molecule has 1 aliphatic carbocycles. The van der Waals surface area contributed by atoms with Gasteiger partial charge in [-0.3, -0.25) is 14.8 Å². The van der Waals surface area contributed by atoms with Crippen molar-refractivity contribution >= 4 is 16.8 Å². The molecule has 4 atom stereocenters. The number of aromatic amines is 1. The molecule has 1 N–H and O–H groups in total. The van der Waals surface area contributed by atoms with Crippen molar-refractivity contribution in [2.75, 3.05) is 19.6 Å². The van der Waals surface area contributed by atoms with Crippen molar-refractivity contribution < 1.29 is 4.79 Å². The standard InChI is InChI=1S/C23H28N4O/c28-23(21-18-7-1-2-8-19(18)24-25-21)27-11-5-6-15-12-16-13-17(22(15)27)14-26-10-4-3-9-20(16)26/h1-2,7-8,12,16-17,20,22H,3-6,9-11,13-14H2,(H,24,25)/t16-,17+,20+,22+/m0/s1. The predicted octanol–water partition coefficient (Wildman–Crippen LogP) is 3.60. The van der Waals surface area contributed by atoms with Crippen LogP contribution >= 0.6 is 0 Å². The number of nitrogens with one attached hydrogen (secondary N) is 1. The van der Waals surface area contributed by atoms with Crippen LogP contribution in [-0.2, 0) is 0 Å². The molecule has 0 saturated carbocycles. The lowest BCUT2D eigenvalue weighted by Crippen LogP contribution is -2.60. The van der Waals surface area contributed by atoms with Crippen LogP contribution in [0, 0.1) is 11.8 Å². The number of rotatable bonds is 1. The van der Waals surface area contributed by atoms with E-state index in [0.29, 0.717) is 17.5 Å². The van der Waals surface area contributed by atoms with Crippen molar-refractivity contribution in [3.05, 3.63) is 41.6 Å². The van der Waals surface area contributed by atoms with E-state index in [1.165, 1.54) is 37.8 Å². The third kappa shape index (κ3) is 2.48. The summed E-state index contributed by atoms with van der Waals surface area (Å²) in [5.41, 5.74) is 3.06. The molecule has 3 aliphatic heterocycles. The molecule has 5 nitrogen and oxygen atoms in total. The zero-order valence-corrected chi connectivity index (χ0v) is 16.3. The van der Waals surface area contributed by atoms with Crippen molar-refractivity contribution in [2.45, 2.75) is 50.6 Å². The van der Waals surface area contributed by atoms with Gasteiger partial charge in [-0.05, 0) is 56.6 Å². The van der Waals surface area contributed by atoms with Gasteiger partial charge in [0.05, 0.1) is 11.6 Å². The summed E-state index contributed by atoms with van der Waals surface area (Å²) in [5.74, 6) is 1.38. The Bertz CT molecular complexity index is 947. The zero-order valence-electron chi connectivity index (χ0n) is 16.3. The first-order valence-electron chi connectivity index (χ1n) is 11.0. The molecule has 3 saturated heterocycles. The van der Waals surface area contributed by atoms with Crippen molar-refractivity contribution in [2.24, 2.45) is 11.8 Å². The lowest BCUT2D eigenvalue weighted by Gasteiger charge is -2.54. The minimum Gasteiger partial charge on any atom is -0.330 e. The molecular weight excluding hydrogens is 348 g/mol. The number of H-pyrrole nitrogens is 1. The summed E-state index contributed by atoms with van der Waals surface area (Å²) >= 11 is 0. The van der Waals surface area contributed by atoms with Crippen LogP contribution in [0.2, 0.25) is 0 Å². The van der Waals surface area contributed by atoms with E-state index in [1.54, 1.807) is 0 Å². The van der Waals surface area contributed by atoms with Gasteiger partial charge in [-0.1, -0.05) is 36.3 Å². The molecule has 1 aromatic carbocycles. The molecule has 4 aliphatic rings. The SMILES string of the molecule is O=C(c1n[nH]c2ccccc12)N1CCCC2=C[C@H]3C[C@H](CN4CCCC[C@H]34)[C@@H]21. The van der Waals surface area contributed by atoms with E-state index in [0.717, 1.165) is 42.9 Å². The number of carbonyl (C=O) groups is 1. The Hall–Kier alpha value is -2.14. The van der Waals surface area contributed by atoms with E-state index in [9.17, 15) is 4.79 Å². The number of likely N-dealkylation sites (tertiary alicyclic amines) is 1. The van der Waals surface area contributed by atoms with Gasteiger partial charge < -0.3 is 4.90 Å². The van der Waals surface area contributed by atoms with Crippen molar-refractivity contribution in [3.8, 4) is 0 Å². The van der Waals surface area contributed by atoms with Gasteiger partial charge in [0.1, 0.15) is 0 Å². The highest BCUT2D eigenvalue weighted by atomic mass is 16.2. The fraction of sp³-hybridized carbons (Fsp3) is 0.565. The summed E-state index contributed by atoms with van der Waals surface area (Å²) in [5, 5.41) is 8.39. The third-order valence-electron chi connectivity index (χ3n) is 7.59.